The molecule has 0 spiro atoms. The Bertz CT molecular complexity index is 349. The van der Waals surface area contributed by atoms with E-state index in [9.17, 15) is 8.78 Å². The predicted molar refractivity (Wildman–Crippen MR) is 57.3 cm³/mol. The minimum Gasteiger partial charge on any atom is -0.308 e. The van der Waals surface area contributed by atoms with E-state index in [1.165, 1.54) is 0 Å². The van der Waals surface area contributed by atoms with E-state index in [4.69, 9.17) is 0 Å². The van der Waals surface area contributed by atoms with E-state index in [0.717, 1.165) is 12.1 Å². The summed E-state index contributed by atoms with van der Waals surface area (Å²) in [5.41, 5.74) is 1.02. The number of hydrogen-bond donors (Lipinski definition) is 1. The third-order valence-electron chi connectivity index (χ3n) is 3.13. The van der Waals surface area contributed by atoms with Gasteiger partial charge in [0.1, 0.15) is 0 Å². The zero-order valence-corrected chi connectivity index (χ0v) is 9.42. The second kappa shape index (κ2) is 4.49. The highest BCUT2D eigenvalue weighted by Crippen LogP contribution is 2.33. The Morgan fingerprint density at radius 3 is 3.06 bits per heavy atom. The molecule has 1 aromatic rings. The van der Waals surface area contributed by atoms with Crippen LogP contribution in [0.5, 0.6) is 0 Å². The molecule has 3 nitrogen and oxygen atoms in total. The molecule has 1 unspecified atom stereocenters. The Balaban J connectivity index is 1.84. The molecule has 0 amide bonds. The summed E-state index contributed by atoms with van der Waals surface area (Å²) in [6.07, 6.45) is 3.16. The Morgan fingerprint density at radius 2 is 2.44 bits per heavy atom. The van der Waals surface area contributed by atoms with Gasteiger partial charge in [-0.05, 0) is 18.9 Å². The van der Waals surface area contributed by atoms with Gasteiger partial charge in [0.25, 0.3) is 0 Å². The monoisotopic (exact) mass is 229 g/mol. The van der Waals surface area contributed by atoms with E-state index in [2.05, 4.69) is 10.4 Å². The summed E-state index contributed by atoms with van der Waals surface area (Å²) in [6, 6.07) is 1.83. The minimum atomic E-state index is -2.48. The molecule has 0 aromatic carbocycles. The number of nitrogens with zero attached hydrogens (tertiary/aromatic N) is 2. The molecule has 1 fully saturated rings. The molecule has 1 saturated carbocycles. The summed E-state index contributed by atoms with van der Waals surface area (Å²) >= 11 is 0. The molecule has 90 valence electrons. The molecule has 16 heavy (non-hydrogen) atoms. The Morgan fingerprint density at radius 1 is 1.62 bits per heavy atom. The summed E-state index contributed by atoms with van der Waals surface area (Å²) < 4.78 is 28.0. The molecule has 1 aliphatic carbocycles. The van der Waals surface area contributed by atoms with Crippen LogP contribution in [0.15, 0.2) is 12.3 Å². The molecule has 0 aliphatic heterocycles. The molecule has 1 heterocycles. The van der Waals surface area contributed by atoms with Gasteiger partial charge in [-0.15, -0.1) is 0 Å². The third kappa shape index (κ3) is 2.78. The molecule has 2 rings (SSSR count). The minimum absolute atomic E-state index is 0.0369. The number of rotatable bonds is 3. The Labute approximate surface area is 93.8 Å². The van der Waals surface area contributed by atoms with Crippen molar-refractivity contribution in [3.63, 3.8) is 0 Å². The van der Waals surface area contributed by atoms with Gasteiger partial charge in [0.05, 0.1) is 5.69 Å². The van der Waals surface area contributed by atoms with E-state index in [-0.39, 0.29) is 18.9 Å². The van der Waals surface area contributed by atoms with Crippen LogP contribution in [0.2, 0.25) is 0 Å². The number of aryl methyl sites for hydroxylation is 1. The van der Waals surface area contributed by atoms with Crippen molar-refractivity contribution >= 4 is 0 Å². The van der Waals surface area contributed by atoms with Crippen LogP contribution in [-0.2, 0) is 13.6 Å². The van der Waals surface area contributed by atoms with E-state index >= 15 is 0 Å². The zero-order valence-electron chi connectivity index (χ0n) is 9.42. The van der Waals surface area contributed by atoms with Gasteiger partial charge in [-0.1, -0.05) is 0 Å². The molecule has 1 aromatic heterocycles. The largest absolute Gasteiger partial charge is 0.308 e. The maximum absolute atomic E-state index is 13.1. The number of alkyl halides is 2. The van der Waals surface area contributed by atoms with Crippen LogP contribution < -0.4 is 5.32 Å². The van der Waals surface area contributed by atoms with E-state index < -0.39 is 5.92 Å². The molecule has 0 saturated heterocycles. The van der Waals surface area contributed by atoms with Crippen LogP contribution in [0.1, 0.15) is 31.4 Å². The lowest BCUT2D eigenvalue weighted by molar-refractivity contribution is -0.0443. The van der Waals surface area contributed by atoms with Gasteiger partial charge >= 0.3 is 0 Å². The van der Waals surface area contributed by atoms with Crippen LogP contribution in [-0.4, -0.2) is 21.7 Å². The van der Waals surface area contributed by atoms with Gasteiger partial charge in [0.2, 0.25) is 5.92 Å². The van der Waals surface area contributed by atoms with Crippen molar-refractivity contribution in [3.05, 3.63) is 18.0 Å². The highest BCUT2D eigenvalue weighted by atomic mass is 19.3. The number of hydrogen-bond acceptors (Lipinski definition) is 2. The molecular formula is C11H17F2N3. The fourth-order valence-corrected chi connectivity index (χ4v) is 2.17. The summed E-state index contributed by atoms with van der Waals surface area (Å²) in [7, 11) is 1.85. The van der Waals surface area contributed by atoms with Gasteiger partial charge in [0, 0.05) is 38.7 Å². The lowest BCUT2D eigenvalue weighted by atomic mass is 9.92. The third-order valence-corrected chi connectivity index (χ3v) is 3.13. The number of halogens is 2. The van der Waals surface area contributed by atoms with Crippen molar-refractivity contribution in [1.29, 1.82) is 0 Å². The fourth-order valence-electron chi connectivity index (χ4n) is 2.17. The molecular weight excluding hydrogens is 212 g/mol. The smallest absolute Gasteiger partial charge is 0.249 e. The van der Waals surface area contributed by atoms with Crippen LogP contribution >= 0.6 is 0 Å². The van der Waals surface area contributed by atoms with Crippen molar-refractivity contribution < 1.29 is 8.78 Å². The van der Waals surface area contributed by atoms with E-state index in [0.29, 0.717) is 13.0 Å². The maximum atomic E-state index is 13.1. The van der Waals surface area contributed by atoms with Crippen molar-refractivity contribution in [3.8, 4) is 0 Å². The lowest BCUT2D eigenvalue weighted by Crippen LogP contribution is -2.39. The Kier molecular flexibility index (Phi) is 3.23. The topological polar surface area (TPSA) is 29.9 Å². The van der Waals surface area contributed by atoms with Crippen molar-refractivity contribution in [2.45, 2.75) is 44.2 Å². The van der Waals surface area contributed by atoms with Crippen molar-refractivity contribution in [1.82, 2.24) is 15.1 Å². The standard InChI is InChI=1S/C11H17F2N3/c1-16-10(4-6-15-16)8-14-9-3-2-5-11(12,13)7-9/h4,6,9,14H,2-3,5,7-8H2,1H3. The highest BCUT2D eigenvalue weighted by molar-refractivity contribution is 5.00. The first-order chi connectivity index (χ1) is 7.57. The van der Waals surface area contributed by atoms with Gasteiger partial charge < -0.3 is 5.32 Å². The zero-order chi connectivity index (χ0) is 11.6. The maximum Gasteiger partial charge on any atom is 0.249 e. The SMILES string of the molecule is Cn1nccc1CNC1CCCC(F)(F)C1. The molecule has 0 radical (unpaired) electrons. The number of nitrogens with one attached hydrogen (secondary N) is 1. The van der Waals surface area contributed by atoms with Gasteiger partial charge in [-0.25, -0.2) is 8.78 Å². The van der Waals surface area contributed by atoms with E-state index in [1.807, 2.05) is 13.1 Å². The van der Waals surface area contributed by atoms with Crippen molar-refractivity contribution in [2.75, 3.05) is 0 Å². The molecule has 5 heteroatoms. The molecule has 1 N–H and O–H groups in total. The average molecular weight is 229 g/mol. The summed E-state index contributed by atoms with van der Waals surface area (Å²) in [5.74, 6) is -2.48. The summed E-state index contributed by atoms with van der Waals surface area (Å²) in [4.78, 5) is 0. The normalized spacial score (nSPS) is 24.6. The van der Waals surface area contributed by atoms with Crippen LogP contribution in [0.4, 0.5) is 8.78 Å². The first-order valence-corrected chi connectivity index (χ1v) is 5.65. The molecule has 1 aliphatic rings. The summed E-state index contributed by atoms with van der Waals surface area (Å²) in [6.45, 7) is 0.608. The predicted octanol–water partition coefficient (Wildman–Crippen LogP) is 2.09. The second-order valence-electron chi connectivity index (χ2n) is 4.48. The van der Waals surface area contributed by atoms with Gasteiger partial charge in [-0.2, -0.15) is 5.10 Å². The number of aromatic nitrogens is 2. The summed E-state index contributed by atoms with van der Waals surface area (Å²) in [5, 5.41) is 7.22. The fraction of sp³-hybridized carbons (Fsp3) is 0.727. The van der Waals surface area contributed by atoms with Crippen LogP contribution in [0.3, 0.4) is 0 Å². The molecule has 1 atom stereocenters. The molecule has 0 bridgehead atoms. The second-order valence-corrected chi connectivity index (χ2v) is 4.48. The van der Waals surface area contributed by atoms with Crippen LogP contribution in [0, 0.1) is 0 Å². The van der Waals surface area contributed by atoms with E-state index in [1.54, 1.807) is 10.9 Å². The van der Waals surface area contributed by atoms with Crippen LogP contribution in [0.25, 0.3) is 0 Å². The van der Waals surface area contributed by atoms with Gasteiger partial charge in [-0.3, -0.25) is 4.68 Å². The highest BCUT2D eigenvalue weighted by Gasteiger charge is 2.35. The van der Waals surface area contributed by atoms with Gasteiger partial charge in [0.15, 0.2) is 0 Å². The lowest BCUT2D eigenvalue weighted by Gasteiger charge is -2.29. The first kappa shape index (κ1) is 11.5. The average Bonchev–Trinajstić information content (AvgIpc) is 2.60. The first-order valence-electron chi connectivity index (χ1n) is 5.65. The quantitative estimate of drug-likeness (QED) is 0.860. The Hall–Kier alpha value is -0.970. The van der Waals surface area contributed by atoms with Crippen molar-refractivity contribution in [2.24, 2.45) is 7.05 Å².